The number of fused-ring (bicyclic) bond motifs is 2. The van der Waals surface area contributed by atoms with Crippen molar-refractivity contribution in [2.24, 2.45) is 34.5 Å². The Balaban J connectivity index is 1.77. The van der Waals surface area contributed by atoms with Crippen LogP contribution < -0.4 is 0 Å². The quantitative estimate of drug-likeness (QED) is 0.380. The molecule has 4 rings (SSSR count). The molecule has 2 saturated heterocycles. The predicted molar refractivity (Wildman–Crippen MR) is 110 cm³/mol. The van der Waals surface area contributed by atoms with Gasteiger partial charge in [0.1, 0.15) is 0 Å². The zero-order valence-corrected chi connectivity index (χ0v) is 19.1. The second-order valence-corrected chi connectivity index (χ2v) is 10.7. The Morgan fingerprint density at radius 3 is 2.42 bits per heavy atom. The van der Waals surface area contributed by atoms with Crippen LogP contribution in [0.1, 0.15) is 66.7 Å². The van der Waals surface area contributed by atoms with Gasteiger partial charge in [-0.3, -0.25) is 9.59 Å². The number of carbonyl (C=O) groups is 3. The van der Waals surface area contributed by atoms with Gasteiger partial charge in [0.2, 0.25) is 18.7 Å². The van der Waals surface area contributed by atoms with Crippen LogP contribution in [0.15, 0.2) is 12.2 Å². The highest BCUT2D eigenvalue weighted by atomic mass is 16.8. The average Bonchev–Trinajstić information content (AvgIpc) is 3.23. The van der Waals surface area contributed by atoms with Crippen LogP contribution in [0.5, 0.6) is 0 Å². The summed E-state index contributed by atoms with van der Waals surface area (Å²) >= 11 is 0. The molecule has 2 aliphatic carbocycles. The van der Waals surface area contributed by atoms with Crippen molar-refractivity contribution in [1.82, 2.24) is 0 Å². The second kappa shape index (κ2) is 7.61. The summed E-state index contributed by atoms with van der Waals surface area (Å²) in [6.07, 6.45) is 2.31. The summed E-state index contributed by atoms with van der Waals surface area (Å²) in [6, 6.07) is 0. The van der Waals surface area contributed by atoms with E-state index in [1.807, 2.05) is 0 Å². The minimum atomic E-state index is -1.06. The molecule has 2 heterocycles. The van der Waals surface area contributed by atoms with Crippen LogP contribution in [-0.2, 0) is 33.3 Å². The lowest BCUT2D eigenvalue weighted by atomic mass is 9.59. The summed E-state index contributed by atoms with van der Waals surface area (Å²) in [7, 11) is 0. The van der Waals surface area contributed by atoms with E-state index >= 15 is 0 Å². The van der Waals surface area contributed by atoms with Gasteiger partial charge in [0, 0.05) is 19.8 Å². The lowest BCUT2D eigenvalue weighted by Crippen LogP contribution is -2.47. The summed E-state index contributed by atoms with van der Waals surface area (Å²) in [6.45, 7) is 14.0. The van der Waals surface area contributed by atoms with Gasteiger partial charge < -0.3 is 18.9 Å². The number of carbonyl (C=O) groups excluding carboxylic acids is 3. The zero-order valence-electron chi connectivity index (χ0n) is 19.1. The Labute approximate surface area is 183 Å². The van der Waals surface area contributed by atoms with Gasteiger partial charge in [0.05, 0.1) is 5.92 Å². The summed E-state index contributed by atoms with van der Waals surface area (Å²) in [4.78, 5) is 36.2. The fraction of sp³-hybridized carbons (Fsp3) is 0.792. The van der Waals surface area contributed by atoms with Crippen molar-refractivity contribution in [3.8, 4) is 0 Å². The minimum Gasteiger partial charge on any atom is -0.450 e. The molecule has 8 unspecified atom stereocenters. The van der Waals surface area contributed by atoms with E-state index in [-0.39, 0.29) is 22.7 Å². The highest BCUT2D eigenvalue weighted by Gasteiger charge is 2.68. The third kappa shape index (κ3) is 3.59. The monoisotopic (exact) mass is 434 g/mol. The molecular formula is C24H34O7. The minimum absolute atomic E-state index is 0.162. The molecule has 0 N–H and O–H groups in total. The van der Waals surface area contributed by atoms with Gasteiger partial charge in [-0.1, -0.05) is 32.9 Å². The maximum atomic E-state index is 12.5. The Morgan fingerprint density at radius 1 is 1.10 bits per heavy atom. The van der Waals surface area contributed by atoms with Gasteiger partial charge in [-0.05, 0) is 54.8 Å². The third-order valence-electron chi connectivity index (χ3n) is 8.31. The molecule has 8 atom stereocenters. The molecule has 0 aromatic carbocycles. The average molecular weight is 435 g/mol. The van der Waals surface area contributed by atoms with Crippen LogP contribution in [-0.4, -0.2) is 36.6 Å². The van der Waals surface area contributed by atoms with Crippen molar-refractivity contribution in [2.75, 3.05) is 0 Å². The van der Waals surface area contributed by atoms with Gasteiger partial charge in [-0.2, -0.15) is 0 Å². The van der Waals surface area contributed by atoms with Gasteiger partial charge in [0.15, 0.2) is 0 Å². The number of allylic oxidation sites excluding steroid dienone is 1. The molecule has 7 nitrogen and oxygen atoms in total. The SMILES string of the molecule is C=C1CCCC(C)(C)C2CCC(C)(C3C(OC(C)=O)OC4OC(=O)C(OC(C)=O)C43)C12. The molecule has 0 bridgehead atoms. The maximum absolute atomic E-state index is 12.5. The Kier molecular flexibility index (Phi) is 5.48. The van der Waals surface area contributed by atoms with Crippen molar-refractivity contribution in [3.05, 3.63) is 12.2 Å². The van der Waals surface area contributed by atoms with E-state index in [4.69, 9.17) is 18.9 Å². The molecule has 0 amide bonds. The molecule has 2 saturated carbocycles. The van der Waals surface area contributed by atoms with E-state index in [1.54, 1.807) is 0 Å². The number of rotatable bonds is 3. The second-order valence-electron chi connectivity index (χ2n) is 10.7. The largest absolute Gasteiger partial charge is 0.450 e. The molecule has 2 aliphatic heterocycles. The van der Waals surface area contributed by atoms with E-state index in [2.05, 4.69) is 27.4 Å². The standard InChI is InChI=1S/C24H34O7/c1-12-8-7-10-23(4,5)15-9-11-24(6,17(12)15)18-16-19(28-13(2)25)20(27)30-21(16)31-22(18)29-14(3)26/h15-19,21-22H,1,7-11H2,2-6H3. The van der Waals surface area contributed by atoms with Crippen molar-refractivity contribution in [1.29, 1.82) is 0 Å². The first-order valence-electron chi connectivity index (χ1n) is 11.3. The molecule has 4 fully saturated rings. The Bertz CT molecular complexity index is 802. The summed E-state index contributed by atoms with van der Waals surface area (Å²) in [5, 5.41) is 0. The number of ether oxygens (including phenoxy) is 4. The number of hydrogen-bond donors (Lipinski definition) is 0. The maximum Gasteiger partial charge on any atom is 0.350 e. The van der Waals surface area contributed by atoms with Crippen molar-refractivity contribution >= 4 is 17.9 Å². The fourth-order valence-electron chi connectivity index (χ4n) is 7.08. The van der Waals surface area contributed by atoms with Crippen LogP contribution in [0.25, 0.3) is 0 Å². The normalized spacial score (nSPS) is 43.6. The van der Waals surface area contributed by atoms with Crippen molar-refractivity contribution < 1.29 is 33.3 Å². The molecule has 0 aromatic heterocycles. The van der Waals surface area contributed by atoms with Crippen LogP contribution in [0.3, 0.4) is 0 Å². The van der Waals surface area contributed by atoms with Crippen LogP contribution in [0.4, 0.5) is 0 Å². The van der Waals surface area contributed by atoms with Crippen molar-refractivity contribution in [3.63, 3.8) is 0 Å². The van der Waals surface area contributed by atoms with Gasteiger partial charge >= 0.3 is 17.9 Å². The number of hydrogen-bond acceptors (Lipinski definition) is 7. The van der Waals surface area contributed by atoms with Gasteiger partial charge in [0.25, 0.3) is 0 Å². The summed E-state index contributed by atoms with van der Waals surface area (Å²) < 4.78 is 22.4. The first-order valence-corrected chi connectivity index (χ1v) is 11.3. The highest BCUT2D eigenvalue weighted by molar-refractivity contribution is 5.81. The zero-order chi connectivity index (χ0) is 22.7. The first-order chi connectivity index (χ1) is 14.5. The first kappa shape index (κ1) is 22.3. The Hall–Kier alpha value is -1.89. The molecule has 0 aromatic rings. The Morgan fingerprint density at radius 2 is 1.77 bits per heavy atom. The molecule has 0 spiro atoms. The molecule has 7 heteroatoms. The van der Waals surface area contributed by atoms with Crippen molar-refractivity contribution in [2.45, 2.75) is 85.4 Å². The van der Waals surface area contributed by atoms with E-state index in [1.165, 1.54) is 19.4 Å². The van der Waals surface area contributed by atoms with Gasteiger partial charge in [-0.15, -0.1) is 0 Å². The smallest absolute Gasteiger partial charge is 0.350 e. The summed E-state index contributed by atoms with van der Waals surface area (Å²) in [5.41, 5.74) is 1.04. The topological polar surface area (TPSA) is 88.1 Å². The lowest BCUT2D eigenvalue weighted by Gasteiger charge is -2.45. The van der Waals surface area contributed by atoms with Gasteiger partial charge in [-0.25, -0.2) is 4.79 Å². The molecular weight excluding hydrogens is 400 g/mol. The van der Waals surface area contributed by atoms with E-state index in [9.17, 15) is 14.4 Å². The molecule has 4 aliphatic rings. The van der Waals surface area contributed by atoms with E-state index in [0.29, 0.717) is 5.92 Å². The molecule has 31 heavy (non-hydrogen) atoms. The summed E-state index contributed by atoms with van der Waals surface area (Å²) in [5.74, 6) is -1.84. The molecule has 0 radical (unpaired) electrons. The molecule has 172 valence electrons. The van der Waals surface area contributed by atoms with Crippen LogP contribution >= 0.6 is 0 Å². The van der Waals surface area contributed by atoms with E-state index < -0.39 is 42.5 Å². The predicted octanol–water partition coefficient (Wildman–Crippen LogP) is 3.75. The lowest BCUT2D eigenvalue weighted by molar-refractivity contribution is -0.216. The fourth-order valence-corrected chi connectivity index (χ4v) is 7.08. The highest BCUT2D eigenvalue weighted by Crippen LogP contribution is 2.65. The number of esters is 3. The van der Waals surface area contributed by atoms with Crippen LogP contribution in [0.2, 0.25) is 0 Å². The van der Waals surface area contributed by atoms with E-state index in [0.717, 1.165) is 32.1 Å². The van der Waals surface area contributed by atoms with Crippen LogP contribution in [0, 0.1) is 34.5 Å². The third-order valence-corrected chi connectivity index (χ3v) is 8.31.